The number of carbonyl (C=O) groups excluding carboxylic acids is 3. The lowest BCUT2D eigenvalue weighted by Gasteiger charge is -2.28. The van der Waals surface area contributed by atoms with Crippen molar-refractivity contribution < 1.29 is 32.6 Å². The molecule has 0 aromatic heterocycles. The molecule has 1 aliphatic rings. The summed E-state index contributed by atoms with van der Waals surface area (Å²) in [7, 11) is 0. The summed E-state index contributed by atoms with van der Waals surface area (Å²) in [5.41, 5.74) is 0.0458. The number of carbonyl (C=O) groups is 3. The van der Waals surface area contributed by atoms with Crippen LogP contribution in [0.15, 0.2) is 29.9 Å². The number of nitrogens with zero attached hydrogens (tertiary/aromatic N) is 1. The number of benzene rings is 1. The SMILES string of the molecule is CCCNC(=O)CN1CCc2cc(OCC(CNC(=O)OC(C)(C)C)=C(F)F)ccc2C1=O. The van der Waals surface area contributed by atoms with Gasteiger partial charge in [0.05, 0.1) is 18.7 Å². The molecule has 0 fully saturated rings. The minimum absolute atomic E-state index is 0.00882. The van der Waals surface area contributed by atoms with Gasteiger partial charge in [0.1, 0.15) is 18.0 Å². The summed E-state index contributed by atoms with van der Waals surface area (Å²) in [6.07, 6.45) is -1.43. The highest BCUT2D eigenvalue weighted by Gasteiger charge is 2.26. The first-order valence-corrected chi connectivity index (χ1v) is 10.8. The lowest BCUT2D eigenvalue weighted by Crippen LogP contribution is -2.44. The van der Waals surface area contributed by atoms with Crippen LogP contribution in [0, 0.1) is 0 Å². The average Bonchev–Trinajstić information content (AvgIpc) is 2.72. The minimum atomic E-state index is -1.95. The van der Waals surface area contributed by atoms with E-state index < -0.39 is 30.9 Å². The van der Waals surface area contributed by atoms with Crippen molar-refractivity contribution in [2.24, 2.45) is 0 Å². The van der Waals surface area contributed by atoms with Crippen LogP contribution in [0.2, 0.25) is 0 Å². The molecule has 0 unspecified atom stereocenters. The maximum atomic E-state index is 13.3. The second-order valence-electron chi connectivity index (χ2n) is 8.65. The summed E-state index contributed by atoms with van der Waals surface area (Å²) in [6.45, 7) is 7.02. The van der Waals surface area contributed by atoms with Gasteiger partial charge >= 0.3 is 6.09 Å². The molecule has 8 nitrogen and oxygen atoms in total. The molecule has 1 heterocycles. The van der Waals surface area contributed by atoms with E-state index >= 15 is 0 Å². The molecule has 0 bridgehead atoms. The molecule has 0 saturated carbocycles. The molecule has 0 aliphatic carbocycles. The maximum absolute atomic E-state index is 13.3. The third-order valence-electron chi connectivity index (χ3n) is 4.68. The number of hydrogen-bond donors (Lipinski definition) is 2. The molecule has 10 heteroatoms. The van der Waals surface area contributed by atoms with E-state index in [0.717, 1.165) is 12.0 Å². The Hall–Kier alpha value is -3.17. The maximum Gasteiger partial charge on any atom is 0.407 e. The Labute approximate surface area is 192 Å². The number of fused-ring (bicyclic) bond motifs is 1. The van der Waals surface area contributed by atoms with E-state index in [-0.39, 0.29) is 23.9 Å². The van der Waals surface area contributed by atoms with E-state index in [1.165, 1.54) is 11.0 Å². The zero-order valence-corrected chi connectivity index (χ0v) is 19.4. The third-order valence-corrected chi connectivity index (χ3v) is 4.68. The average molecular weight is 468 g/mol. The summed E-state index contributed by atoms with van der Waals surface area (Å²) >= 11 is 0. The van der Waals surface area contributed by atoms with Gasteiger partial charge in [-0.15, -0.1) is 0 Å². The molecule has 0 radical (unpaired) electrons. The van der Waals surface area contributed by atoms with Gasteiger partial charge in [0.25, 0.3) is 12.0 Å². The first-order valence-electron chi connectivity index (χ1n) is 10.8. The van der Waals surface area contributed by atoms with Crippen molar-refractivity contribution in [3.05, 3.63) is 41.0 Å². The van der Waals surface area contributed by atoms with Crippen LogP contribution < -0.4 is 15.4 Å². The van der Waals surface area contributed by atoms with E-state index in [0.29, 0.717) is 30.8 Å². The Kier molecular flexibility index (Phi) is 9.19. The van der Waals surface area contributed by atoms with E-state index in [9.17, 15) is 23.2 Å². The van der Waals surface area contributed by atoms with Gasteiger partial charge in [0.15, 0.2) is 0 Å². The van der Waals surface area contributed by atoms with Gasteiger partial charge in [-0.05, 0) is 57.4 Å². The van der Waals surface area contributed by atoms with Crippen molar-refractivity contribution in [1.82, 2.24) is 15.5 Å². The zero-order valence-electron chi connectivity index (χ0n) is 19.4. The standard InChI is InChI=1S/C23H31F2N3O5/c1-5-9-26-19(29)13-28-10-8-15-11-17(6-7-18(15)21(28)30)32-14-16(20(24)25)12-27-22(31)33-23(2,3)4/h6-7,11H,5,8-10,12-14H2,1-4H3,(H,26,29)(H,27,31). The molecular formula is C23H31F2N3O5. The Morgan fingerprint density at radius 1 is 1.18 bits per heavy atom. The largest absolute Gasteiger partial charge is 0.489 e. The van der Waals surface area contributed by atoms with Crippen LogP contribution in [0.5, 0.6) is 5.75 Å². The highest BCUT2D eigenvalue weighted by molar-refractivity contribution is 5.98. The molecule has 0 atom stereocenters. The van der Waals surface area contributed by atoms with Crippen LogP contribution >= 0.6 is 0 Å². The molecule has 33 heavy (non-hydrogen) atoms. The molecule has 1 aliphatic heterocycles. The number of nitrogens with one attached hydrogen (secondary N) is 2. The number of hydrogen-bond acceptors (Lipinski definition) is 5. The highest BCUT2D eigenvalue weighted by Crippen LogP contribution is 2.24. The molecule has 0 saturated heterocycles. The molecular weight excluding hydrogens is 436 g/mol. The van der Waals surface area contributed by atoms with Crippen LogP contribution in [0.4, 0.5) is 13.6 Å². The van der Waals surface area contributed by atoms with Crippen LogP contribution in [0.1, 0.15) is 50.0 Å². The fourth-order valence-corrected chi connectivity index (χ4v) is 3.08. The first-order chi connectivity index (χ1) is 15.5. The normalized spacial score (nSPS) is 13.2. The Morgan fingerprint density at radius 3 is 2.55 bits per heavy atom. The summed E-state index contributed by atoms with van der Waals surface area (Å²) < 4.78 is 37.0. The predicted molar refractivity (Wildman–Crippen MR) is 118 cm³/mol. The second-order valence-corrected chi connectivity index (χ2v) is 8.65. The van der Waals surface area contributed by atoms with E-state index in [4.69, 9.17) is 9.47 Å². The van der Waals surface area contributed by atoms with Gasteiger partial charge < -0.3 is 25.0 Å². The van der Waals surface area contributed by atoms with Gasteiger partial charge in [-0.1, -0.05) is 6.92 Å². The molecule has 182 valence electrons. The monoisotopic (exact) mass is 467 g/mol. The zero-order chi connectivity index (χ0) is 24.6. The van der Waals surface area contributed by atoms with Crippen LogP contribution in [0.3, 0.4) is 0 Å². The van der Waals surface area contributed by atoms with Gasteiger partial charge in [-0.2, -0.15) is 8.78 Å². The lowest BCUT2D eigenvalue weighted by atomic mass is 9.98. The van der Waals surface area contributed by atoms with Crippen molar-refractivity contribution in [1.29, 1.82) is 0 Å². The summed E-state index contributed by atoms with van der Waals surface area (Å²) in [4.78, 5) is 37.8. The lowest BCUT2D eigenvalue weighted by molar-refractivity contribution is -0.121. The smallest absolute Gasteiger partial charge is 0.407 e. The molecule has 1 aromatic rings. The topological polar surface area (TPSA) is 97.0 Å². The summed E-state index contributed by atoms with van der Waals surface area (Å²) in [6, 6.07) is 4.72. The van der Waals surface area contributed by atoms with Crippen molar-refractivity contribution in [3.8, 4) is 5.75 Å². The number of rotatable bonds is 9. The van der Waals surface area contributed by atoms with Crippen molar-refractivity contribution in [2.45, 2.75) is 46.1 Å². The summed E-state index contributed by atoms with van der Waals surface area (Å²) in [5.74, 6) is -0.140. The Balaban J connectivity index is 1.95. The first kappa shape index (κ1) is 26.1. The highest BCUT2D eigenvalue weighted by atomic mass is 19.3. The van der Waals surface area contributed by atoms with Gasteiger partial charge in [-0.3, -0.25) is 9.59 Å². The van der Waals surface area contributed by atoms with Crippen LogP contribution in [-0.2, 0) is 16.0 Å². The fourth-order valence-electron chi connectivity index (χ4n) is 3.08. The van der Waals surface area contributed by atoms with Crippen molar-refractivity contribution in [3.63, 3.8) is 0 Å². The number of ether oxygens (including phenoxy) is 2. The molecule has 1 aromatic carbocycles. The van der Waals surface area contributed by atoms with E-state index in [2.05, 4.69) is 10.6 Å². The quantitative estimate of drug-likeness (QED) is 0.581. The molecule has 3 amide bonds. The van der Waals surface area contributed by atoms with Crippen molar-refractivity contribution in [2.75, 3.05) is 32.8 Å². The molecule has 2 rings (SSSR count). The van der Waals surface area contributed by atoms with E-state index in [1.807, 2.05) is 6.92 Å². The van der Waals surface area contributed by atoms with Gasteiger partial charge in [0, 0.05) is 18.7 Å². The molecule has 2 N–H and O–H groups in total. The Bertz CT molecular complexity index is 908. The van der Waals surface area contributed by atoms with E-state index in [1.54, 1.807) is 32.9 Å². The summed E-state index contributed by atoms with van der Waals surface area (Å²) in [5, 5.41) is 5.03. The van der Waals surface area contributed by atoms with Gasteiger partial charge in [0.2, 0.25) is 5.91 Å². The minimum Gasteiger partial charge on any atom is -0.489 e. The Morgan fingerprint density at radius 2 is 1.91 bits per heavy atom. The molecule has 0 spiro atoms. The predicted octanol–water partition coefficient (Wildman–Crippen LogP) is 3.27. The van der Waals surface area contributed by atoms with Gasteiger partial charge in [-0.25, -0.2) is 4.79 Å². The van der Waals surface area contributed by atoms with Crippen LogP contribution in [-0.4, -0.2) is 61.2 Å². The third kappa shape index (κ3) is 8.36. The number of amides is 3. The number of halogens is 2. The fraction of sp³-hybridized carbons (Fsp3) is 0.522. The number of alkyl carbamates (subject to hydrolysis) is 1. The van der Waals surface area contributed by atoms with Crippen LogP contribution in [0.25, 0.3) is 0 Å². The van der Waals surface area contributed by atoms with Crippen molar-refractivity contribution >= 4 is 17.9 Å². The second kappa shape index (κ2) is 11.6.